The Balaban J connectivity index is 4.70. The highest BCUT2D eigenvalue weighted by Crippen LogP contribution is 2.12. The molecular weight excluding hydrogens is 225 g/mol. The molecule has 3 heteroatoms. The zero-order valence-corrected chi connectivity index (χ0v) is 9.43. The average molecular weight is 236 g/mol. The Morgan fingerprint density at radius 3 is 2.54 bits per heavy atom. The van der Waals surface area contributed by atoms with Crippen LogP contribution in [0.2, 0.25) is 0 Å². The van der Waals surface area contributed by atoms with E-state index in [1.54, 1.807) is 19.1 Å². The van der Waals surface area contributed by atoms with Gasteiger partial charge in [-0.15, -0.1) is 5.47 Å². The second-order valence-electron chi connectivity index (χ2n) is 2.60. The van der Waals surface area contributed by atoms with Gasteiger partial charge in [-0.05, 0) is 12.5 Å². The van der Waals surface area contributed by atoms with Crippen molar-refractivity contribution in [2.45, 2.75) is 20.3 Å². The van der Waals surface area contributed by atoms with Crippen molar-refractivity contribution in [2.75, 3.05) is 0 Å². The van der Waals surface area contributed by atoms with Crippen molar-refractivity contribution < 1.29 is 0 Å². The molecule has 0 bridgehead atoms. The van der Waals surface area contributed by atoms with Gasteiger partial charge in [0.25, 0.3) is 0 Å². The molecule has 0 aliphatic rings. The normalized spacial score (nSPS) is 14.2. The van der Waals surface area contributed by atoms with Gasteiger partial charge >= 0.3 is 0 Å². The summed E-state index contributed by atoms with van der Waals surface area (Å²) in [5.74, 6) is 0. The lowest BCUT2D eigenvalue weighted by molar-refractivity contribution is 1.22. The average Bonchev–Trinajstić information content (AvgIpc) is 2.02. The van der Waals surface area contributed by atoms with Gasteiger partial charge in [-0.2, -0.15) is 5.26 Å². The minimum atomic E-state index is 0.552. The minimum Gasteiger partial charge on any atom is -0.192 e. The van der Waals surface area contributed by atoms with Crippen LogP contribution in [0.25, 0.3) is 0 Å². The highest BCUT2D eigenvalue weighted by atomic mass is 79.9. The van der Waals surface area contributed by atoms with E-state index in [0.717, 1.165) is 10.9 Å². The summed E-state index contributed by atoms with van der Waals surface area (Å²) in [5.41, 5.74) is 1.18. The molecule has 1 nitrogen and oxygen atoms in total. The molecule has 0 fully saturated rings. The maximum Gasteiger partial charge on any atom is 0.107 e. The Hall–Kier alpha value is -0.745. The lowest BCUT2D eigenvalue weighted by atomic mass is 9.95. The van der Waals surface area contributed by atoms with Crippen molar-refractivity contribution >= 4 is 23.8 Å². The molecule has 0 heterocycles. The van der Waals surface area contributed by atoms with Crippen LogP contribution in [0.5, 0.6) is 0 Å². The van der Waals surface area contributed by atoms with E-state index in [4.69, 9.17) is 13.1 Å². The quantitative estimate of drug-likeness (QED) is 0.419. The largest absolute Gasteiger partial charge is 0.192 e. The fraction of sp³-hybridized carbons (Fsp3) is 0.300. The van der Waals surface area contributed by atoms with Crippen LogP contribution in [-0.4, -0.2) is 7.85 Å². The summed E-state index contributed by atoms with van der Waals surface area (Å²) >= 11 is 3.33. The smallest absolute Gasteiger partial charge is 0.107 e. The van der Waals surface area contributed by atoms with Crippen molar-refractivity contribution in [1.29, 1.82) is 5.26 Å². The molecule has 0 aromatic heterocycles. The highest BCUT2D eigenvalue weighted by molar-refractivity contribution is 9.11. The van der Waals surface area contributed by atoms with Crippen LogP contribution in [0.1, 0.15) is 20.3 Å². The number of halogens is 1. The van der Waals surface area contributed by atoms with Crippen LogP contribution < -0.4 is 0 Å². The summed E-state index contributed by atoms with van der Waals surface area (Å²) < 4.78 is 0.907. The Bertz CT molecular complexity index is 291. The van der Waals surface area contributed by atoms with E-state index in [9.17, 15) is 0 Å². The van der Waals surface area contributed by atoms with Crippen molar-refractivity contribution in [3.63, 3.8) is 0 Å². The standard InChI is InChI=1S/C10H11BBrN/c1-3-4-10(12)6-9(7-13)5-8(2)11/h4-6H,3H2,1-2H3/b8-5+,9-6+,10-4-. The van der Waals surface area contributed by atoms with Gasteiger partial charge in [0.15, 0.2) is 0 Å². The van der Waals surface area contributed by atoms with Crippen LogP contribution in [-0.2, 0) is 0 Å². The minimum absolute atomic E-state index is 0.552. The first-order valence-corrected chi connectivity index (χ1v) is 4.80. The molecule has 66 valence electrons. The van der Waals surface area contributed by atoms with E-state index in [1.807, 2.05) is 13.0 Å². The third kappa shape index (κ3) is 6.42. The molecule has 0 spiro atoms. The first kappa shape index (κ1) is 12.3. The molecule has 0 saturated heterocycles. The van der Waals surface area contributed by atoms with Crippen LogP contribution in [0.4, 0.5) is 0 Å². The Morgan fingerprint density at radius 1 is 1.54 bits per heavy atom. The zero-order valence-electron chi connectivity index (χ0n) is 7.84. The molecule has 0 N–H and O–H groups in total. The van der Waals surface area contributed by atoms with E-state index in [1.165, 1.54) is 0 Å². The lowest BCUT2D eigenvalue weighted by Gasteiger charge is -1.92. The van der Waals surface area contributed by atoms with Gasteiger partial charge in [0.1, 0.15) is 7.85 Å². The lowest BCUT2D eigenvalue weighted by Crippen LogP contribution is -1.77. The van der Waals surface area contributed by atoms with Gasteiger partial charge in [0.2, 0.25) is 0 Å². The molecule has 0 unspecified atom stereocenters. The Labute approximate surface area is 89.4 Å². The van der Waals surface area contributed by atoms with Crippen molar-refractivity contribution in [1.82, 2.24) is 0 Å². The Morgan fingerprint density at radius 2 is 2.15 bits per heavy atom. The van der Waals surface area contributed by atoms with Gasteiger partial charge in [-0.1, -0.05) is 41.9 Å². The predicted molar refractivity (Wildman–Crippen MR) is 60.5 cm³/mol. The van der Waals surface area contributed by atoms with Crippen LogP contribution in [0.15, 0.2) is 33.8 Å². The molecule has 2 radical (unpaired) electrons. The van der Waals surface area contributed by atoms with Crippen molar-refractivity contribution in [2.24, 2.45) is 0 Å². The van der Waals surface area contributed by atoms with Gasteiger partial charge in [-0.3, -0.25) is 0 Å². The van der Waals surface area contributed by atoms with Crippen molar-refractivity contribution in [3.05, 3.63) is 33.8 Å². The molecule has 0 rings (SSSR count). The van der Waals surface area contributed by atoms with E-state index in [2.05, 4.69) is 22.0 Å². The molecule has 0 aromatic rings. The zero-order chi connectivity index (χ0) is 10.3. The van der Waals surface area contributed by atoms with E-state index < -0.39 is 0 Å². The monoisotopic (exact) mass is 235 g/mol. The topological polar surface area (TPSA) is 23.8 Å². The number of nitrogens with zero attached hydrogens (tertiary/aromatic N) is 1. The molecular formula is C10H11BBrN. The molecule has 0 saturated carbocycles. The first-order chi connectivity index (χ1) is 6.10. The van der Waals surface area contributed by atoms with E-state index in [-0.39, 0.29) is 0 Å². The number of hydrogen-bond donors (Lipinski definition) is 0. The molecule has 0 aliphatic heterocycles. The number of rotatable bonds is 3. The summed E-state index contributed by atoms with van der Waals surface area (Å²) in [6.45, 7) is 3.79. The number of nitriles is 1. The fourth-order valence-electron chi connectivity index (χ4n) is 0.754. The van der Waals surface area contributed by atoms with Crippen LogP contribution in [0, 0.1) is 11.3 Å². The molecule has 0 aliphatic carbocycles. The fourth-order valence-corrected chi connectivity index (χ4v) is 1.32. The number of hydrogen-bond acceptors (Lipinski definition) is 1. The maximum absolute atomic E-state index is 8.73. The predicted octanol–water partition coefficient (Wildman–Crippen LogP) is 3.20. The van der Waals surface area contributed by atoms with Crippen molar-refractivity contribution in [3.8, 4) is 6.07 Å². The van der Waals surface area contributed by atoms with Crippen LogP contribution >= 0.6 is 15.9 Å². The second-order valence-corrected chi connectivity index (χ2v) is 3.51. The third-order valence-electron chi connectivity index (χ3n) is 1.20. The Kier molecular flexibility index (Phi) is 6.35. The molecule has 0 amide bonds. The summed E-state index contributed by atoms with van der Waals surface area (Å²) in [6, 6.07) is 2.06. The number of allylic oxidation sites excluding steroid dienone is 6. The second kappa shape index (κ2) is 6.74. The molecule has 13 heavy (non-hydrogen) atoms. The highest BCUT2D eigenvalue weighted by Gasteiger charge is 1.91. The SMILES string of the molecule is [B]/C(C)=C/C(C#N)=C\C(Br)=C\CC. The van der Waals surface area contributed by atoms with Gasteiger partial charge < -0.3 is 0 Å². The molecule has 0 atom stereocenters. The first-order valence-electron chi connectivity index (χ1n) is 4.01. The van der Waals surface area contributed by atoms with Crippen LogP contribution in [0.3, 0.4) is 0 Å². The summed E-state index contributed by atoms with van der Waals surface area (Å²) in [4.78, 5) is 0. The third-order valence-corrected chi connectivity index (χ3v) is 1.76. The molecule has 0 aromatic carbocycles. The van der Waals surface area contributed by atoms with Gasteiger partial charge in [0.05, 0.1) is 11.6 Å². The maximum atomic E-state index is 8.73. The van der Waals surface area contributed by atoms with Gasteiger partial charge in [-0.25, -0.2) is 0 Å². The van der Waals surface area contributed by atoms with E-state index >= 15 is 0 Å². The summed E-state index contributed by atoms with van der Waals surface area (Å²) in [6.07, 6.45) is 6.31. The summed E-state index contributed by atoms with van der Waals surface area (Å²) in [5, 5.41) is 8.73. The van der Waals surface area contributed by atoms with Gasteiger partial charge in [0, 0.05) is 4.48 Å². The summed E-state index contributed by atoms with van der Waals surface area (Å²) in [7, 11) is 5.45. The van der Waals surface area contributed by atoms with E-state index in [0.29, 0.717) is 11.0 Å².